The van der Waals surface area contributed by atoms with Crippen molar-refractivity contribution in [1.29, 1.82) is 0 Å². The van der Waals surface area contributed by atoms with Crippen molar-refractivity contribution >= 4 is 40.9 Å². The number of likely N-dealkylation sites (tertiary alicyclic amines) is 1. The van der Waals surface area contributed by atoms with Crippen LogP contribution in [0.4, 0.5) is 5.69 Å². The average molecular weight is 419 g/mol. The van der Waals surface area contributed by atoms with Crippen LogP contribution in [0.15, 0.2) is 18.2 Å². The van der Waals surface area contributed by atoms with E-state index < -0.39 is 46.7 Å². The third kappa shape index (κ3) is 2.69. The monoisotopic (exact) mass is 418 g/mol. The Labute approximate surface area is 173 Å². The molecule has 0 aromatic heterocycles. The highest BCUT2D eigenvalue weighted by molar-refractivity contribution is 6.31. The van der Waals surface area contributed by atoms with E-state index >= 15 is 0 Å². The minimum Gasteiger partial charge on any atom is -0.370 e. The zero-order chi connectivity index (χ0) is 21.3. The summed E-state index contributed by atoms with van der Waals surface area (Å²) in [4.78, 5) is 52.6. The molecule has 0 unspecified atom stereocenters. The quantitative estimate of drug-likeness (QED) is 0.635. The highest BCUT2D eigenvalue weighted by Crippen LogP contribution is 2.54. The number of hydrogen-bond donors (Lipinski definition) is 3. The highest BCUT2D eigenvalue weighted by Gasteiger charge is 2.71. The summed E-state index contributed by atoms with van der Waals surface area (Å²) in [6.07, 6.45) is 0.288. The first-order valence-electron chi connectivity index (χ1n) is 9.54. The number of rotatable bonds is 3. The molecule has 3 aliphatic heterocycles. The van der Waals surface area contributed by atoms with E-state index in [9.17, 15) is 19.2 Å². The molecule has 3 heterocycles. The number of fused-ring (bicyclic) bond motifs is 4. The molecule has 0 radical (unpaired) electrons. The third-order valence-corrected chi connectivity index (χ3v) is 6.28. The molecule has 1 spiro atoms. The molecular weight excluding hydrogens is 396 g/mol. The molecule has 9 heteroatoms. The van der Waals surface area contributed by atoms with Crippen LogP contribution in [-0.4, -0.2) is 40.1 Å². The SMILES string of the molecule is CC(C)(C)N1C(=O)[C@@H]2[C@H](CCC(N)=O)N[C@@]3(C(=O)Nc4ccc(Cl)cc43)[C@@H]2C1=O. The van der Waals surface area contributed by atoms with E-state index in [1.165, 1.54) is 4.90 Å². The minimum absolute atomic E-state index is 0.0397. The van der Waals surface area contributed by atoms with Crippen LogP contribution in [0, 0.1) is 11.8 Å². The first-order chi connectivity index (χ1) is 13.5. The van der Waals surface area contributed by atoms with E-state index in [1.54, 1.807) is 39.0 Å². The van der Waals surface area contributed by atoms with Crippen LogP contribution >= 0.6 is 11.6 Å². The van der Waals surface area contributed by atoms with Gasteiger partial charge in [0.25, 0.3) is 0 Å². The number of anilines is 1. The largest absolute Gasteiger partial charge is 0.370 e. The van der Waals surface area contributed by atoms with Gasteiger partial charge in [0.2, 0.25) is 23.6 Å². The molecule has 4 N–H and O–H groups in total. The van der Waals surface area contributed by atoms with Crippen molar-refractivity contribution in [3.8, 4) is 0 Å². The number of halogens is 1. The topological polar surface area (TPSA) is 122 Å². The van der Waals surface area contributed by atoms with Crippen molar-refractivity contribution in [2.45, 2.75) is 50.7 Å². The summed E-state index contributed by atoms with van der Waals surface area (Å²) in [5, 5.41) is 6.47. The molecule has 8 nitrogen and oxygen atoms in total. The van der Waals surface area contributed by atoms with E-state index in [0.29, 0.717) is 16.3 Å². The Hall–Kier alpha value is -2.45. The molecule has 0 aliphatic carbocycles. The predicted molar refractivity (Wildman–Crippen MR) is 106 cm³/mol. The molecule has 4 atom stereocenters. The number of hydrogen-bond acceptors (Lipinski definition) is 5. The lowest BCUT2D eigenvalue weighted by Crippen LogP contribution is -2.55. The Morgan fingerprint density at radius 2 is 1.93 bits per heavy atom. The van der Waals surface area contributed by atoms with E-state index in [-0.39, 0.29) is 18.7 Å². The lowest BCUT2D eigenvalue weighted by atomic mass is 9.76. The number of benzene rings is 1. The van der Waals surface area contributed by atoms with Crippen molar-refractivity contribution < 1.29 is 19.2 Å². The van der Waals surface area contributed by atoms with Gasteiger partial charge in [0.1, 0.15) is 5.54 Å². The van der Waals surface area contributed by atoms with E-state index in [2.05, 4.69) is 10.6 Å². The van der Waals surface area contributed by atoms with Gasteiger partial charge < -0.3 is 11.1 Å². The smallest absolute Gasteiger partial charge is 0.250 e. The van der Waals surface area contributed by atoms with Gasteiger partial charge in [-0.05, 0) is 45.4 Å². The predicted octanol–water partition coefficient (Wildman–Crippen LogP) is 1.12. The van der Waals surface area contributed by atoms with Crippen LogP contribution in [0.1, 0.15) is 39.2 Å². The Morgan fingerprint density at radius 3 is 2.55 bits per heavy atom. The van der Waals surface area contributed by atoms with Gasteiger partial charge in [-0.3, -0.25) is 29.4 Å². The zero-order valence-electron chi connectivity index (χ0n) is 16.4. The number of carbonyl (C=O) groups excluding carboxylic acids is 4. The van der Waals surface area contributed by atoms with Crippen molar-refractivity contribution in [3.63, 3.8) is 0 Å². The van der Waals surface area contributed by atoms with Gasteiger partial charge in [-0.15, -0.1) is 0 Å². The second-order valence-electron chi connectivity index (χ2n) is 8.89. The maximum atomic E-state index is 13.5. The third-order valence-electron chi connectivity index (χ3n) is 6.05. The van der Waals surface area contributed by atoms with Crippen LogP contribution in [0.5, 0.6) is 0 Å². The molecule has 0 saturated carbocycles. The average Bonchev–Trinajstić information content (AvgIpc) is 3.18. The summed E-state index contributed by atoms with van der Waals surface area (Å²) in [7, 11) is 0. The number of amides is 4. The molecule has 1 aromatic rings. The molecule has 154 valence electrons. The van der Waals surface area contributed by atoms with Gasteiger partial charge in [-0.25, -0.2) is 0 Å². The second-order valence-corrected chi connectivity index (χ2v) is 9.33. The summed E-state index contributed by atoms with van der Waals surface area (Å²) in [6, 6.07) is 4.43. The molecule has 29 heavy (non-hydrogen) atoms. The fraction of sp³-hybridized carbons (Fsp3) is 0.500. The molecule has 1 aromatic carbocycles. The van der Waals surface area contributed by atoms with Crippen molar-refractivity contribution in [2.24, 2.45) is 17.6 Å². The lowest BCUT2D eigenvalue weighted by molar-refractivity contribution is -0.148. The summed E-state index contributed by atoms with van der Waals surface area (Å²) < 4.78 is 0. The first-order valence-corrected chi connectivity index (χ1v) is 9.91. The summed E-state index contributed by atoms with van der Waals surface area (Å²) in [6.45, 7) is 5.34. The number of primary amides is 1. The van der Waals surface area contributed by atoms with Crippen LogP contribution in [0.3, 0.4) is 0 Å². The van der Waals surface area contributed by atoms with Crippen molar-refractivity contribution in [1.82, 2.24) is 10.2 Å². The Morgan fingerprint density at radius 1 is 1.24 bits per heavy atom. The number of nitrogens with two attached hydrogens (primary N) is 1. The molecule has 4 rings (SSSR count). The molecule has 2 fully saturated rings. The number of carbonyl (C=O) groups is 4. The summed E-state index contributed by atoms with van der Waals surface area (Å²) in [5.74, 6) is -3.33. The summed E-state index contributed by atoms with van der Waals surface area (Å²) in [5.41, 5.74) is 4.25. The van der Waals surface area contributed by atoms with Gasteiger partial charge in [0, 0.05) is 34.3 Å². The second kappa shape index (κ2) is 6.27. The molecular formula is C20H23ClN4O4. The molecule has 3 aliphatic rings. The van der Waals surface area contributed by atoms with Crippen LogP contribution in [0.25, 0.3) is 0 Å². The fourth-order valence-electron chi connectivity index (χ4n) is 4.98. The minimum atomic E-state index is -1.42. The Balaban J connectivity index is 1.88. The standard InChI is InChI=1S/C20H23ClN4O4/c1-19(2,3)25-16(27)14-12(6-7-13(22)26)24-20(15(14)17(25)28)10-8-9(21)4-5-11(10)23-18(20)29/h4-5,8,12,14-15,24H,6-7H2,1-3H3,(H2,22,26)(H,23,29)/t12-,14+,15-,20+/m0/s1. The number of nitrogens with one attached hydrogen (secondary N) is 2. The Kier molecular flexibility index (Phi) is 4.29. The van der Waals surface area contributed by atoms with Gasteiger partial charge in [-0.2, -0.15) is 0 Å². The van der Waals surface area contributed by atoms with Crippen molar-refractivity contribution in [3.05, 3.63) is 28.8 Å². The van der Waals surface area contributed by atoms with E-state index in [0.717, 1.165) is 0 Å². The van der Waals surface area contributed by atoms with Crippen molar-refractivity contribution in [2.75, 3.05) is 5.32 Å². The van der Waals surface area contributed by atoms with Gasteiger partial charge >= 0.3 is 0 Å². The van der Waals surface area contributed by atoms with Crippen LogP contribution < -0.4 is 16.4 Å². The van der Waals surface area contributed by atoms with Gasteiger partial charge in [0.05, 0.1) is 11.8 Å². The van der Waals surface area contributed by atoms with E-state index in [4.69, 9.17) is 17.3 Å². The Bertz CT molecular complexity index is 956. The van der Waals surface area contributed by atoms with Crippen LogP contribution in [0.2, 0.25) is 5.02 Å². The van der Waals surface area contributed by atoms with Gasteiger partial charge in [0.15, 0.2) is 0 Å². The maximum absolute atomic E-state index is 13.5. The summed E-state index contributed by atoms with van der Waals surface area (Å²) >= 11 is 6.19. The molecule has 4 amide bonds. The first kappa shape index (κ1) is 19.8. The maximum Gasteiger partial charge on any atom is 0.250 e. The van der Waals surface area contributed by atoms with Crippen LogP contribution in [-0.2, 0) is 24.7 Å². The molecule has 0 bridgehead atoms. The highest BCUT2D eigenvalue weighted by atomic mass is 35.5. The zero-order valence-corrected chi connectivity index (χ0v) is 17.2. The fourth-order valence-corrected chi connectivity index (χ4v) is 5.15. The van der Waals surface area contributed by atoms with Gasteiger partial charge in [-0.1, -0.05) is 11.6 Å². The number of nitrogens with zero attached hydrogens (tertiary/aromatic N) is 1. The normalized spacial score (nSPS) is 30.7. The number of imide groups is 1. The van der Waals surface area contributed by atoms with E-state index in [1.807, 2.05) is 0 Å². The molecule has 2 saturated heterocycles. The lowest BCUT2D eigenvalue weighted by Gasteiger charge is -2.34.